The van der Waals surface area contributed by atoms with E-state index in [1.807, 2.05) is 71.4 Å². The molecule has 0 N–H and O–H groups in total. The van der Waals surface area contributed by atoms with Gasteiger partial charge in [-0.3, -0.25) is 4.57 Å². The minimum atomic E-state index is 0.382. The van der Waals surface area contributed by atoms with E-state index in [1.165, 1.54) is 0 Å². The first kappa shape index (κ1) is 18.0. The highest BCUT2D eigenvalue weighted by Gasteiger charge is 2.14. The molecule has 5 aromatic rings. The van der Waals surface area contributed by atoms with Crippen LogP contribution < -0.4 is 4.74 Å². The molecule has 3 aromatic carbocycles. The first-order chi connectivity index (χ1) is 14.2. The fraction of sp³-hybridized carbons (Fsp3) is 0. The number of halogens is 2. The lowest BCUT2D eigenvalue weighted by Gasteiger charge is -2.07. The molecule has 0 spiro atoms. The summed E-state index contributed by atoms with van der Waals surface area (Å²) >= 11 is 9.89. The Hall–Kier alpha value is -3.09. The molecular weight excluding hydrogens is 454 g/mol. The highest BCUT2D eigenvalue weighted by atomic mass is 79.9. The van der Waals surface area contributed by atoms with E-state index in [4.69, 9.17) is 20.9 Å². The van der Waals surface area contributed by atoms with E-state index in [0.717, 1.165) is 15.4 Å². The molecule has 0 bridgehead atoms. The number of benzene rings is 3. The number of hydrogen-bond acceptors (Lipinski definition) is 4. The van der Waals surface area contributed by atoms with Gasteiger partial charge in [0.25, 0.3) is 11.8 Å². The Bertz CT molecular complexity index is 1310. The van der Waals surface area contributed by atoms with Gasteiger partial charge in [-0.15, -0.1) is 0 Å². The largest absolute Gasteiger partial charge is 0.456 e. The predicted molar refractivity (Wildman–Crippen MR) is 116 cm³/mol. The van der Waals surface area contributed by atoms with Crippen molar-refractivity contribution in [1.82, 2.24) is 14.7 Å². The van der Waals surface area contributed by atoms with Gasteiger partial charge in [0.15, 0.2) is 0 Å². The maximum absolute atomic E-state index is 6.40. The van der Waals surface area contributed by atoms with Crippen LogP contribution in [-0.2, 0) is 0 Å². The summed E-state index contributed by atoms with van der Waals surface area (Å²) in [6.45, 7) is 0. The van der Waals surface area contributed by atoms with Crippen molar-refractivity contribution >= 4 is 38.4 Å². The van der Waals surface area contributed by atoms with Crippen molar-refractivity contribution in [1.29, 1.82) is 0 Å². The Morgan fingerprint density at radius 3 is 2.66 bits per heavy atom. The lowest BCUT2D eigenvalue weighted by atomic mass is 10.2. The Labute approximate surface area is 179 Å². The van der Waals surface area contributed by atoms with Gasteiger partial charge in [-0.25, -0.2) is 0 Å². The number of nitrogens with zero attached hydrogens (tertiary/aromatic N) is 3. The van der Waals surface area contributed by atoms with Crippen molar-refractivity contribution in [3.8, 4) is 28.9 Å². The summed E-state index contributed by atoms with van der Waals surface area (Å²) in [6.07, 6.45) is 1.91. The van der Waals surface area contributed by atoms with E-state index in [1.54, 1.807) is 12.1 Å². The van der Waals surface area contributed by atoms with Crippen molar-refractivity contribution in [2.45, 2.75) is 0 Å². The molecule has 2 aromatic heterocycles. The third-order valence-electron chi connectivity index (χ3n) is 4.43. The van der Waals surface area contributed by atoms with E-state index in [0.29, 0.717) is 33.9 Å². The molecular formula is C22H13BrClN3O2. The summed E-state index contributed by atoms with van der Waals surface area (Å²) in [7, 11) is 0. The van der Waals surface area contributed by atoms with Crippen LogP contribution in [0, 0.1) is 0 Å². The van der Waals surface area contributed by atoms with Crippen LogP contribution in [0.5, 0.6) is 11.5 Å². The Balaban J connectivity index is 1.45. The smallest absolute Gasteiger partial charge is 0.275 e. The van der Waals surface area contributed by atoms with E-state index in [9.17, 15) is 0 Å². The molecule has 0 unspecified atom stereocenters. The molecule has 0 amide bonds. The summed E-state index contributed by atoms with van der Waals surface area (Å²) in [5.41, 5.74) is 1.71. The maximum atomic E-state index is 6.40. The number of fused-ring (bicyclic) bond motifs is 1. The molecule has 29 heavy (non-hydrogen) atoms. The Morgan fingerprint density at radius 2 is 1.83 bits per heavy atom. The van der Waals surface area contributed by atoms with Crippen LogP contribution in [0.15, 0.2) is 88.0 Å². The van der Waals surface area contributed by atoms with Crippen LogP contribution in [0.4, 0.5) is 0 Å². The molecule has 0 radical (unpaired) electrons. The highest BCUT2D eigenvalue weighted by molar-refractivity contribution is 9.10. The van der Waals surface area contributed by atoms with Gasteiger partial charge in [0.2, 0.25) is 0 Å². The van der Waals surface area contributed by atoms with Gasteiger partial charge >= 0.3 is 0 Å². The molecule has 0 fully saturated rings. The zero-order valence-electron chi connectivity index (χ0n) is 14.9. The average molecular weight is 467 g/mol. The lowest BCUT2D eigenvalue weighted by Crippen LogP contribution is -1.94. The summed E-state index contributed by atoms with van der Waals surface area (Å²) in [5.74, 6) is 2.11. The minimum Gasteiger partial charge on any atom is -0.456 e. The molecule has 7 heteroatoms. The molecule has 0 atom stereocenters. The van der Waals surface area contributed by atoms with Crippen LogP contribution in [-0.4, -0.2) is 14.7 Å². The maximum Gasteiger partial charge on any atom is 0.275 e. The summed E-state index contributed by atoms with van der Waals surface area (Å²) in [6, 6.07) is 22.9. The minimum absolute atomic E-state index is 0.382. The average Bonchev–Trinajstić information content (AvgIpc) is 3.37. The van der Waals surface area contributed by atoms with E-state index >= 15 is 0 Å². The molecule has 0 saturated heterocycles. The number of para-hydroxylation sites is 1. The van der Waals surface area contributed by atoms with Gasteiger partial charge < -0.3 is 9.26 Å². The first-order valence-electron chi connectivity index (χ1n) is 8.81. The third-order valence-corrected chi connectivity index (χ3v) is 5.22. The second-order valence-electron chi connectivity index (χ2n) is 6.35. The van der Waals surface area contributed by atoms with Crippen LogP contribution in [0.3, 0.4) is 0 Å². The first-order valence-corrected chi connectivity index (χ1v) is 9.98. The van der Waals surface area contributed by atoms with Gasteiger partial charge in [0, 0.05) is 21.6 Å². The Morgan fingerprint density at radius 1 is 0.966 bits per heavy atom. The second kappa shape index (κ2) is 7.39. The van der Waals surface area contributed by atoms with E-state index < -0.39 is 0 Å². The van der Waals surface area contributed by atoms with Crippen molar-refractivity contribution in [3.05, 3.63) is 88.5 Å². The number of aromatic nitrogens is 3. The zero-order chi connectivity index (χ0) is 19.8. The van der Waals surface area contributed by atoms with Crippen molar-refractivity contribution in [2.24, 2.45) is 0 Å². The van der Waals surface area contributed by atoms with E-state index in [-0.39, 0.29) is 0 Å². The molecule has 0 aliphatic heterocycles. The molecule has 5 nitrogen and oxygen atoms in total. The SMILES string of the molecule is Clc1cc(-c2nc(-n3ccc4cc(Br)ccc43)no2)ccc1Oc1ccccc1. The number of hydrogen-bond donors (Lipinski definition) is 0. The fourth-order valence-electron chi connectivity index (χ4n) is 3.05. The quantitative estimate of drug-likeness (QED) is 0.289. The topological polar surface area (TPSA) is 53.1 Å². The summed E-state index contributed by atoms with van der Waals surface area (Å²) in [5, 5.41) is 5.66. The normalized spacial score (nSPS) is 11.1. The van der Waals surface area contributed by atoms with Gasteiger partial charge in [0.05, 0.1) is 10.5 Å². The summed E-state index contributed by atoms with van der Waals surface area (Å²) in [4.78, 5) is 4.52. The van der Waals surface area contributed by atoms with Crippen LogP contribution >= 0.6 is 27.5 Å². The van der Waals surface area contributed by atoms with Crippen LogP contribution in [0.25, 0.3) is 28.3 Å². The third kappa shape index (κ3) is 3.52. The molecule has 0 aliphatic rings. The summed E-state index contributed by atoms with van der Waals surface area (Å²) < 4.78 is 14.2. The number of ether oxygens (including phenoxy) is 1. The van der Waals surface area contributed by atoms with Gasteiger partial charge in [-0.05, 0) is 59.8 Å². The second-order valence-corrected chi connectivity index (χ2v) is 7.67. The standard InChI is InChI=1S/C22H13BrClN3O2/c23-16-7-8-19-14(12-16)10-11-27(19)22-25-21(29-26-22)15-6-9-20(18(24)13-15)28-17-4-2-1-3-5-17/h1-13H. The lowest BCUT2D eigenvalue weighted by molar-refractivity contribution is 0.427. The highest BCUT2D eigenvalue weighted by Crippen LogP contribution is 2.33. The number of rotatable bonds is 4. The van der Waals surface area contributed by atoms with Crippen molar-refractivity contribution in [3.63, 3.8) is 0 Å². The molecule has 0 aliphatic carbocycles. The Kier molecular flexibility index (Phi) is 4.58. The predicted octanol–water partition coefficient (Wildman–Crippen LogP) is 6.89. The van der Waals surface area contributed by atoms with Crippen molar-refractivity contribution in [2.75, 3.05) is 0 Å². The molecule has 2 heterocycles. The molecule has 142 valence electrons. The van der Waals surface area contributed by atoms with Gasteiger partial charge in [-0.2, -0.15) is 4.98 Å². The van der Waals surface area contributed by atoms with Crippen LogP contribution in [0.2, 0.25) is 5.02 Å². The molecule has 5 rings (SSSR count). The van der Waals surface area contributed by atoms with Gasteiger partial charge in [0.1, 0.15) is 11.5 Å². The van der Waals surface area contributed by atoms with E-state index in [2.05, 4.69) is 26.1 Å². The van der Waals surface area contributed by atoms with Crippen molar-refractivity contribution < 1.29 is 9.26 Å². The van der Waals surface area contributed by atoms with Crippen LogP contribution in [0.1, 0.15) is 0 Å². The monoisotopic (exact) mass is 465 g/mol. The zero-order valence-corrected chi connectivity index (χ0v) is 17.3. The molecule has 0 saturated carbocycles. The van der Waals surface area contributed by atoms with Gasteiger partial charge in [-0.1, -0.05) is 45.7 Å². The fourth-order valence-corrected chi connectivity index (χ4v) is 3.65.